The van der Waals surface area contributed by atoms with Gasteiger partial charge in [0.15, 0.2) is 5.16 Å². The molecule has 1 aromatic carbocycles. The van der Waals surface area contributed by atoms with Gasteiger partial charge < -0.3 is 8.98 Å². The van der Waals surface area contributed by atoms with Gasteiger partial charge in [0.25, 0.3) is 0 Å². The summed E-state index contributed by atoms with van der Waals surface area (Å²) >= 11 is 1.62. The van der Waals surface area contributed by atoms with Crippen molar-refractivity contribution >= 4 is 22.7 Å². The molecule has 1 aliphatic rings. The Kier molecular flexibility index (Phi) is 3.49. The number of fused-ring (bicyclic) bond motifs is 1. The van der Waals surface area contributed by atoms with E-state index in [1.807, 2.05) is 19.9 Å². The molecule has 3 aromatic rings. The van der Waals surface area contributed by atoms with E-state index in [-0.39, 0.29) is 5.63 Å². The predicted molar refractivity (Wildman–Crippen MR) is 89.8 cm³/mol. The van der Waals surface area contributed by atoms with Gasteiger partial charge in [0.05, 0.1) is 0 Å². The quantitative estimate of drug-likeness (QED) is 0.541. The fourth-order valence-corrected chi connectivity index (χ4v) is 3.70. The zero-order valence-corrected chi connectivity index (χ0v) is 13.9. The lowest BCUT2D eigenvalue weighted by Gasteiger charge is -2.09. The lowest BCUT2D eigenvalue weighted by Crippen LogP contribution is -2.02. The van der Waals surface area contributed by atoms with Crippen molar-refractivity contribution in [1.82, 2.24) is 14.8 Å². The number of rotatable bonds is 4. The summed E-state index contributed by atoms with van der Waals surface area (Å²) in [6.45, 7) is 4.01. The maximum atomic E-state index is 11.9. The molecule has 0 aliphatic heterocycles. The molecule has 1 aliphatic carbocycles. The van der Waals surface area contributed by atoms with Crippen LogP contribution in [0.1, 0.15) is 35.6 Å². The lowest BCUT2D eigenvalue weighted by atomic mass is 10.0. The highest BCUT2D eigenvalue weighted by Crippen LogP contribution is 2.38. The van der Waals surface area contributed by atoms with E-state index in [2.05, 4.69) is 20.8 Å². The van der Waals surface area contributed by atoms with Crippen LogP contribution >= 0.6 is 11.8 Å². The largest absolute Gasteiger partial charge is 0.422 e. The number of thioether (sulfide) groups is 1. The first-order chi connectivity index (χ1) is 11.1. The Morgan fingerprint density at radius 3 is 2.96 bits per heavy atom. The minimum absolute atomic E-state index is 0.301. The molecule has 4 rings (SSSR count). The van der Waals surface area contributed by atoms with Crippen LogP contribution in [0.5, 0.6) is 0 Å². The van der Waals surface area contributed by atoms with Crippen molar-refractivity contribution in [3.05, 3.63) is 51.6 Å². The standard InChI is InChI=1S/C17H17N3O2S/c1-10-3-6-14-12(7-15(21)22-16(14)11(10)2)8-23-17-19-18-9-20(17)13-4-5-13/h3,6-7,9,13H,4-5,8H2,1-2H3. The molecule has 1 saturated carbocycles. The van der Waals surface area contributed by atoms with Crippen LogP contribution < -0.4 is 5.63 Å². The molecule has 23 heavy (non-hydrogen) atoms. The van der Waals surface area contributed by atoms with Gasteiger partial charge in [-0.2, -0.15) is 0 Å². The number of benzene rings is 1. The van der Waals surface area contributed by atoms with Crippen LogP contribution in [0, 0.1) is 13.8 Å². The Labute approximate surface area is 137 Å². The smallest absolute Gasteiger partial charge is 0.336 e. The van der Waals surface area contributed by atoms with Crippen LogP contribution in [0.3, 0.4) is 0 Å². The normalized spacial score (nSPS) is 14.5. The fraction of sp³-hybridized carbons (Fsp3) is 0.353. The van der Waals surface area contributed by atoms with Crippen molar-refractivity contribution in [3.63, 3.8) is 0 Å². The summed E-state index contributed by atoms with van der Waals surface area (Å²) in [6, 6.07) is 6.23. The molecule has 0 bridgehead atoms. The predicted octanol–water partition coefficient (Wildman–Crippen LogP) is 3.63. The average Bonchev–Trinajstić information content (AvgIpc) is 3.27. The van der Waals surface area contributed by atoms with Gasteiger partial charge in [-0.05, 0) is 43.4 Å². The summed E-state index contributed by atoms with van der Waals surface area (Å²) in [7, 11) is 0. The molecular formula is C17H17N3O2S. The van der Waals surface area contributed by atoms with Gasteiger partial charge in [-0.25, -0.2) is 4.79 Å². The van der Waals surface area contributed by atoms with E-state index in [0.29, 0.717) is 17.4 Å². The van der Waals surface area contributed by atoms with E-state index in [1.54, 1.807) is 24.2 Å². The van der Waals surface area contributed by atoms with E-state index in [4.69, 9.17) is 4.42 Å². The minimum Gasteiger partial charge on any atom is -0.422 e. The molecule has 0 spiro atoms. The number of aromatic nitrogens is 3. The van der Waals surface area contributed by atoms with Gasteiger partial charge in [-0.3, -0.25) is 0 Å². The molecule has 0 amide bonds. The van der Waals surface area contributed by atoms with Gasteiger partial charge in [0, 0.05) is 23.2 Å². The highest BCUT2D eigenvalue weighted by molar-refractivity contribution is 7.98. The molecule has 0 radical (unpaired) electrons. The zero-order valence-electron chi connectivity index (χ0n) is 13.1. The Morgan fingerprint density at radius 1 is 1.35 bits per heavy atom. The van der Waals surface area contributed by atoms with Gasteiger partial charge in [-0.15, -0.1) is 10.2 Å². The topological polar surface area (TPSA) is 60.9 Å². The first kappa shape index (κ1) is 14.5. The summed E-state index contributed by atoms with van der Waals surface area (Å²) in [5.74, 6) is 0.677. The second-order valence-corrected chi connectivity index (χ2v) is 6.96. The van der Waals surface area contributed by atoms with Gasteiger partial charge >= 0.3 is 5.63 Å². The van der Waals surface area contributed by atoms with Crippen LogP contribution in [0.2, 0.25) is 0 Å². The van der Waals surface area contributed by atoms with Crippen LogP contribution in [0.25, 0.3) is 11.0 Å². The van der Waals surface area contributed by atoms with Crippen molar-refractivity contribution in [2.45, 2.75) is 43.6 Å². The van der Waals surface area contributed by atoms with Crippen LogP contribution in [-0.2, 0) is 5.75 Å². The summed E-state index contributed by atoms with van der Waals surface area (Å²) < 4.78 is 7.56. The first-order valence-corrected chi connectivity index (χ1v) is 8.67. The highest BCUT2D eigenvalue weighted by Gasteiger charge is 2.26. The highest BCUT2D eigenvalue weighted by atomic mass is 32.2. The van der Waals surface area contributed by atoms with Crippen LogP contribution in [0.4, 0.5) is 0 Å². The van der Waals surface area contributed by atoms with Crippen molar-refractivity contribution in [2.24, 2.45) is 0 Å². The maximum absolute atomic E-state index is 11.9. The van der Waals surface area contributed by atoms with E-state index in [1.165, 1.54) is 12.8 Å². The first-order valence-electron chi connectivity index (χ1n) is 7.69. The Balaban J connectivity index is 1.70. The third-order valence-electron chi connectivity index (χ3n) is 4.35. The Bertz CT molecular complexity index is 941. The monoisotopic (exact) mass is 327 g/mol. The average molecular weight is 327 g/mol. The molecule has 0 atom stereocenters. The molecule has 0 saturated heterocycles. The minimum atomic E-state index is -0.301. The van der Waals surface area contributed by atoms with E-state index in [0.717, 1.165) is 27.2 Å². The van der Waals surface area contributed by atoms with Gasteiger partial charge in [0.1, 0.15) is 11.9 Å². The van der Waals surface area contributed by atoms with Crippen LogP contribution in [-0.4, -0.2) is 14.8 Å². The molecule has 0 N–H and O–H groups in total. The molecule has 2 heterocycles. The SMILES string of the molecule is Cc1ccc2c(CSc3nncn3C3CC3)cc(=O)oc2c1C. The molecule has 2 aromatic heterocycles. The molecule has 0 unspecified atom stereocenters. The maximum Gasteiger partial charge on any atom is 0.336 e. The van der Waals surface area contributed by atoms with Gasteiger partial charge in [0.2, 0.25) is 0 Å². The van der Waals surface area contributed by atoms with E-state index in [9.17, 15) is 4.79 Å². The van der Waals surface area contributed by atoms with Crippen LogP contribution in [0.15, 0.2) is 38.9 Å². The molecule has 5 nitrogen and oxygen atoms in total. The zero-order chi connectivity index (χ0) is 16.0. The number of aryl methyl sites for hydroxylation is 2. The molecule has 118 valence electrons. The third-order valence-corrected chi connectivity index (χ3v) is 5.36. The number of hydrogen-bond acceptors (Lipinski definition) is 5. The van der Waals surface area contributed by atoms with Crippen molar-refractivity contribution in [1.29, 1.82) is 0 Å². The van der Waals surface area contributed by atoms with E-state index < -0.39 is 0 Å². The summed E-state index contributed by atoms with van der Waals surface area (Å²) in [5.41, 5.74) is 3.52. The third kappa shape index (κ3) is 2.67. The van der Waals surface area contributed by atoms with Crippen molar-refractivity contribution in [3.8, 4) is 0 Å². The lowest BCUT2D eigenvalue weighted by molar-refractivity contribution is 0.557. The number of nitrogens with zero attached hydrogens (tertiary/aromatic N) is 3. The summed E-state index contributed by atoms with van der Waals surface area (Å²) in [6.07, 6.45) is 4.19. The number of hydrogen-bond donors (Lipinski definition) is 0. The van der Waals surface area contributed by atoms with Gasteiger partial charge in [-0.1, -0.05) is 23.9 Å². The Morgan fingerprint density at radius 2 is 2.17 bits per heavy atom. The van der Waals surface area contributed by atoms with Crippen molar-refractivity contribution in [2.75, 3.05) is 0 Å². The van der Waals surface area contributed by atoms with Crippen molar-refractivity contribution < 1.29 is 4.42 Å². The second kappa shape index (κ2) is 5.53. The molecular weight excluding hydrogens is 310 g/mol. The van der Waals surface area contributed by atoms with E-state index >= 15 is 0 Å². The Hall–Kier alpha value is -2.08. The summed E-state index contributed by atoms with van der Waals surface area (Å²) in [4.78, 5) is 11.9. The fourth-order valence-electron chi connectivity index (χ4n) is 2.72. The summed E-state index contributed by atoms with van der Waals surface area (Å²) in [5, 5.41) is 10.1. The second-order valence-electron chi connectivity index (χ2n) is 6.02. The molecule has 1 fully saturated rings. The molecule has 6 heteroatoms.